The van der Waals surface area contributed by atoms with Gasteiger partial charge in [0.15, 0.2) is 11.7 Å². The van der Waals surface area contributed by atoms with Crippen molar-refractivity contribution in [1.82, 2.24) is 4.98 Å². The van der Waals surface area contributed by atoms with Gasteiger partial charge in [0, 0.05) is 12.5 Å². The molecule has 1 N–H and O–H groups in total. The molecule has 8 heteroatoms. The molecular weight excluding hydrogens is 308 g/mol. The summed E-state index contributed by atoms with van der Waals surface area (Å²) in [6.45, 7) is 2.50. The quantitative estimate of drug-likeness (QED) is 0.917. The Morgan fingerprint density at radius 2 is 2.41 bits per heavy atom. The summed E-state index contributed by atoms with van der Waals surface area (Å²) in [5.74, 6) is 0.00122. The van der Waals surface area contributed by atoms with Gasteiger partial charge in [0.1, 0.15) is 5.76 Å². The van der Waals surface area contributed by atoms with Crippen molar-refractivity contribution in [2.24, 2.45) is 0 Å². The minimum atomic E-state index is -0.380. The third kappa shape index (κ3) is 3.18. The molecule has 0 saturated carbocycles. The standard InChI is InChI=1S/C14H14N2O5S/c1-8-13(10(17)3-5-20-8)21-7-12(18)16-14-15-9-2-4-19-6-11(9)22-14/h3,5H,2,4,6-7H2,1H3,(H,15,16,18). The largest absolute Gasteiger partial charge is 0.476 e. The summed E-state index contributed by atoms with van der Waals surface area (Å²) in [7, 11) is 0. The van der Waals surface area contributed by atoms with Gasteiger partial charge < -0.3 is 13.9 Å². The summed E-state index contributed by atoms with van der Waals surface area (Å²) in [4.78, 5) is 28.9. The molecule has 116 valence electrons. The zero-order chi connectivity index (χ0) is 15.5. The van der Waals surface area contributed by atoms with Crippen molar-refractivity contribution >= 4 is 22.4 Å². The lowest BCUT2D eigenvalue weighted by Gasteiger charge is -2.08. The van der Waals surface area contributed by atoms with Gasteiger partial charge in [0.2, 0.25) is 11.2 Å². The third-order valence-corrected chi connectivity index (χ3v) is 4.08. The van der Waals surface area contributed by atoms with E-state index in [0.29, 0.717) is 24.1 Å². The van der Waals surface area contributed by atoms with Gasteiger partial charge in [-0.05, 0) is 6.92 Å². The highest BCUT2D eigenvalue weighted by atomic mass is 32.1. The van der Waals surface area contributed by atoms with E-state index < -0.39 is 0 Å². The number of nitrogens with zero attached hydrogens (tertiary/aromatic N) is 1. The van der Waals surface area contributed by atoms with Crippen molar-refractivity contribution in [2.75, 3.05) is 18.5 Å². The normalized spacial score (nSPS) is 13.5. The first-order valence-electron chi connectivity index (χ1n) is 6.71. The number of rotatable bonds is 4. The average Bonchev–Trinajstić information content (AvgIpc) is 2.88. The van der Waals surface area contributed by atoms with Gasteiger partial charge in [-0.15, -0.1) is 0 Å². The number of hydrogen-bond donors (Lipinski definition) is 1. The Balaban J connectivity index is 1.61. The summed E-state index contributed by atoms with van der Waals surface area (Å²) in [6, 6.07) is 1.25. The molecule has 0 saturated heterocycles. The number of ether oxygens (including phenoxy) is 2. The average molecular weight is 322 g/mol. The monoisotopic (exact) mass is 322 g/mol. The first-order valence-corrected chi connectivity index (χ1v) is 7.52. The second-order valence-corrected chi connectivity index (χ2v) is 5.78. The fraction of sp³-hybridized carbons (Fsp3) is 0.357. The summed E-state index contributed by atoms with van der Waals surface area (Å²) in [5, 5.41) is 3.18. The molecule has 0 aliphatic carbocycles. The van der Waals surface area contributed by atoms with Crippen LogP contribution in [0.25, 0.3) is 0 Å². The van der Waals surface area contributed by atoms with E-state index in [1.54, 1.807) is 6.92 Å². The minimum absolute atomic E-state index is 0.0458. The highest BCUT2D eigenvalue weighted by Gasteiger charge is 2.17. The van der Waals surface area contributed by atoms with Gasteiger partial charge in [-0.3, -0.25) is 14.9 Å². The molecule has 1 aliphatic rings. The fourth-order valence-electron chi connectivity index (χ4n) is 2.05. The Bertz CT molecular complexity index is 728. The number of anilines is 1. The van der Waals surface area contributed by atoms with Crippen LogP contribution in [-0.4, -0.2) is 24.1 Å². The topological polar surface area (TPSA) is 90.7 Å². The molecule has 3 heterocycles. The van der Waals surface area contributed by atoms with Crippen molar-refractivity contribution in [2.45, 2.75) is 20.0 Å². The van der Waals surface area contributed by atoms with Gasteiger partial charge in [0.25, 0.3) is 5.91 Å². The predicted octanol–water partition coefficient (Wildman–Crippen LogP) is 1.49. The molecule has 0 bridgehead atoms. The van der Waals surface area contributed by atoms with Gasteiger partial charge in [-0.25, -0.2) is 4.98 Å². The number of aryl methyl sites for hydroxylation is 1. The second kappa shape index (κ2) is 6.29. The van der Waals surface area contributed by atoms with Gasteiger partial charge in [-0.2, -0.15) is 0 Å². The van der Waals surface area contributed by atoms with Gasteiger partial charge >= 0.3 is 0 Å². The van der Waals surface area contributed by atoms with Crippen LogP contribution in [0.3, 0.4) is 0 Å². The first-order chi connectivity index (χ1) is 10.6. The molecule has 1 amide bonds. The van der Waals surface area contributed by atoms with E-state index in [0.717, 1.165) is 17.0 Å². The number of nitrogens with one attached hydrogen (secondary N) is 1. The molecule has 7 nitrogen and oxygen atoms in total. The minimum Gasteiger partial charge on any atom is -0.476 e. The lowest BCUT2D eigenvalue weighted by molar-refractivity contribution is -0.118. The van der Waals surface area contributed by atoms with Crippen LogP contribution in [0.4, 0.5) is 5.13 Å². The van der Waals surface area contributed by atoms with Crippen LogP contribution in [0.1, 0.15) is 16.3 Å². The number of amides is 1. The zero-order valence-electron chi connectivity index (χ0n) is 11.9. The number of fused-ring (bicyclic) bond motifs is 1. The van der Waals surface area contributed by atoms with Crippen LogP contribution in [0.5, 0.6) is 5.75 Å². The van der Waals surface area contributed by atoms with Crippen molar-refractivity contribution < 1.29 is 18.7 Å². The van der Waals surface area contributed by atoms with Crippen molar-refractivity contribution in [3.05, 3.63) is 38.9 Å². The molecule has 22 heavy (non-hydrogen) atoms. The molecule has 0 radical (unpaired) electrons. The summed E-state index contributed by atoms with van der Waals surface area (Å²) < 4.78 is 15.6. The van der Waals surface area contributed by atoms with Crippen molar-refractivity contribution in [3.63, 3.8) is 0 Å². The number of aromatic nitrogens is 1. The van der Waals surface area contributed by atoms with E-state index in [2.05, 4.69) is 10.3 Å². The number of hydrogen-bond acceptors (Lipinski definition) is 7. The lowest BCUT2D eigenvalue weighted by Crippen LogP contribution is -2.22. The molecule has 1 aliphatic heterocycles. The van der Waals surface area contributed by atoms with Crippen LogP contribution in [0.2, 0.25) is 0 Å². The molecule has 0 fully saturated rings. The van der Waals surface area contributed by atoms with E-state index in [1.807, 2.05) is 0 Å². The van der Waals surface area contributed by atoms with Crippen molar-refractivity contribution in [1.29, 1.82) is 0 Å². The van der Waals surface area contributed by atoms with E-state index in [4.69, 9.17) is 13.9 Å². The molecule has 3 rings (SSSR count). The lowest BCUT2D eigenvalue weighted by atomic mass is 10.2. The maximum atomic E-state index is 11.9. The van der Waals surface area contributed by atoms with E-state index >= 15 is 0 Å². The van der Waals surface area contributed by atoms with Crippen LogP contribution >= 0.6 is 11.3 Å². The van der Waals surface area contributed by atoms with Crippen LogP contribution < -0.4 is 15.5 Å². The Morgan fingerprint density at radius 1 is 1.55 bits per heavy atom. The number of thiazole rings is 1. The second-order valence-electron chi connectivity index (χ2n) is 4.70. The zero-order valence-corrected chi connectivity index (χ0v) is 12.7. The molecular formula is C14H14N2O5S. The van der Waals surface area contributed by atoms with E-state index in [-0.39, 0.29) is 23.7 Å². The Morgan fingerprint density at radius 3 is 3.18 bits per heavy atom. The highest BCUT2D eigenvalue weighted by Crippen LogP contribution is 2.26. The first kappa shape index (κ1) is 14.7. The fourth-order valence-corrected chi connectivity index (χ4v) is 3.01. The summed E-state index contributed by atoms with van der Waals surface area (Å²) in [6.07, 6.45) is 2.04. The Kier molecular flexibility index (Phi) is 4.21. The van der Waals surface area contributed by atoms with Crippen molar-refractivity contribution in [3.8, 4) is 5.75 Å². The maximum Gasteiger partial charge on any atom is 0.264 e. The van der Waals surface area contributed by atoms with Gasteiger partial charge in [0.05, 0.1) is 30.0 Å². The smallest absolute Gasteiger partial charge is 0.264 e. The number of carbonyl (C=O) groups excluding carboxylic acids is 1. The molecule has 2 aromatic heterocycles. The Hall–Kier alpha value is -2.19. The molecule has 0 aromatic carbocycles. The summed E-state index contributed by atoms with van der Waals surface area (Å²) in [5.41, 5.74) is 0.644. The number of carbonyl (C=O) groups is 1. The predicted molar refractivity (Wildman–Crippen MR) is 79.3 cm³/mol. The molecule has 2 aromatic rings. The van der Waals surface area contributed by atoms with Crippen LogP contribution in [-0.2, 0) is 22.6 Å². The molecule has 0 unspecified atom stereocenters. The van der Waals surface area contributed by atoms with E-state index in [1.165, 1.54) is 23.7 Å². The molecule has 0 atom stereocenters. The SMILES string of the molecule is Cc1occc(=O)c1OCC(=O)Nc1nc2c(s1)COCC2. The van der Waals surface area contributed by atoms with E-state index in [9.17, 15) is 9.59 Å². The van der Waals surface area contributed by atoms with Gasteiger partial charge in [-0.1, -0.05) is 11.3 Å². The third-order valence-electron chi connectivity index (χ3n) is 3.10. The summed E-state index contributed by atoms with van der Waals surface area (Å²) >= 11 is 1.39. The van der Waals surface area contributed by atoms with Crippen LogP contribution in [0, 0.1) is 6.92 Å². The Labute approximate surface area is 129 Å². The van der Waals surface area contributed by atoms with Crippen LogP contribution in [0.15, 0.2) is 21.5 Å². The highest BCUT2D eigenvalue weighted by molar-refractivity contribution is 7.15. The maximum absolute atomic E-state index is 11.9. The molecule has 0 spiro atoms.